The van der Waals surface area contributed by atoms with Crippen LogP contribution in [-0.2, 0) is 167 Å². The van der Waals surface area contributed by atoms with Gasteiger partial charge in [-0.15, -0.1) is 0 Å². The monoisotopic (exact) mass is 2060 g/mol. The van der Waals surface area contributed by atoms with Crippen molar-refractivity contribution >= 4 is 101 Å². The molecule has 20 aliphatic rings. The summed E-state index contributed by atoms with van der Waals surface area (Å²) in [4.78, 5) is 201. The molecule has 20 fully saturated rings. The molecule has 0 aromatic heterocycles. The highest BCUT2D eigenvalue weighted by Crippen LogP contribution is 2.66. The predicted molar refractivity (Wildman–Crippen MR) is 514 cm³/mol. The first kappa shape index (κ1) is 115. The summed E-state index contributed by atoms with van der Waals surface area (Å²) in [7, 11) is 0. The first-order chi connectivity index (χ1) is 68.0. The Kier molecular flexibility index (Phi) is 34.5. The summed E-state index contributed by atoms with van der Waals surface area (Å²) >= 11 is 0. The van der Waals surface area contributed by atoms with Crippen molar-refractivity contribution in [1.29, 1.82) is 5.26 Å². The van der Waals surface area contributed by atoms with Crippen LogP contribution in [0.3, 0.4) is 0 Å². The van der Waals surface area contributed by atoms with Crippen molar-refractivity contribution in [1.82, 2.24) is 0 Å². The zero-order chi connectivity index (χ0) is 108. The number of ether oxygens (including phenoxy) is 18. The number of nitriles is 1. The number of nitrogens with zero attached hydrogens (tertiary/aromatic N) is 1. The lowest BCUT2D eigenvalue weighted by molar-refractivity contribution is -0.219. The first-order valence-corrected chi connectivity index (χ1v) is 53.5. The summed E-state index contributed by atoms with van der Waals surface area (Å²) in [5.74, 6) is -2.20. The van der Waals surface area contributed by atoms with Crippen LogP contribution in [0.15, 0.2) is 0 Å². The highest BCUT2D eigenvalue weighted by atomic mass is 16.7. The molecule has 10 aliphatic heterocycles. The molecule has 0 aromatic carbocycles. The Balaban J connectivity index is 0.000000150. The maximum atomic E-state index is 13.1. The molecule has 10 aliphatic carbocycles. The Labute approximate surface area is 858 Å². The Morgan fingerprint density at radius 2 is 0.849 bits per heavy atom. The SMILES string of the molecule is CCC(C)(C)C(=O)OC1(C)CCOC(=O)C1.CCC(C)(C)C(=O)OC12CC3CC(C1)CC(C(=O)OC1CCOC1=O)(C3)C2.CCC(C)(C)C(=O)OC1C2CC3C(=O)OC1C3C2.CCC(C)(C)C(=O)OC1C2CC3C(=O)OC1C3O2.CCC(C)(C)C(=O)OC1C2CC3C1OC(=O)C3(C#N)C2.CCC(C)(C)C(=O)OC1C2CC3C1OC(=O)C3C2C.CCC(C)(C)C(=O)OC1CCOC1=O.CCC(C)(C)C(=O)OC1COC(=O)C1. The molecule has 36 heteroatoms. The van der Waals surface area contributed by atoms with Crippen LogP contribution >= 0.6 is 0 Å². The lowest BCUT2D eigenvalue weighted by Gasteiger charge is -2.60. The smallest absolute Gasteiger partial charge is 0.347 e. The number of esters is 17. The van der Waals surface area contributed by atoms with Gasteiger partial charge in [0.15, 0.2) is 17.6 Å². The van der Waals surface area contributed by atoms with E-state index in [1.165, 1.54) is 0 Å². The quantitative estimate of drug-likeness (QED) is 0.0573. The van der Waals surface area contributed by atoms with E-state index >= 15 is 0 Å². The number of hydrogen-bond donors (Lipinski definition) is 0. The van der Waals surface area contributed by atoms with E-state index in [-0.39, 0.29) is 193 Å². The Bertz CT molecular complexity index is 4900. The van der Waals surface area contributed by atoms with Crippen molar-refractivity contribution in [3.63, 3.8) is 0 Å². The predicted octanol–water partition coefficient (Wildman–Crippen LogP) is 14.7. The van der Waals surface area contributed by atoms with E-state index in [9.17, 15) is 86.8 Å². The van der Waals surface area contributed by atoms with Crippen LogP contribution in [0.4, 0.5) is 0 Å². The fraction of sp³-hybridized carbons (Fsp3) is 0.836. The molecule has 0 N–H and O–H groups in total. The summed E-state index contributed by atoms with van der Waals surface area (Å²) in [5, 5.41) is 9.31. The summed E-state index contributed by atoms with van der Waals surface area (Å²) in [5.41, 5.74) is -6.83. The minimum atomic E-state index is -0.974. The maximum absolute atomic E-state index is 13.1. The van der Waals surface area contributed by atoms with Crippen molar-refractivity contribution in [3.05, 3.63) is 0 Å². The number of carbonyl (C=O) groups excluding carboxylic acids is 17. The number of fused-ring (bicyclic) bond motifs is 4. The maximum Gasteiger partial charge on any atom is 0.347 e. The second kappa shape index (κ2) is 43.8. The van der Waals surface area contributed by atoms with Crippen molar-refractivity contribution < 1.29 is 167 Å². The van der Waals surface area contributed by atoms with E-state index in [0.717, 1.165) is 70.6 Å². The molecule has 0 aromatic rings. The van der Waals surface area contributed by atoms with Gasteiger partial charge in [0.2, 0.25) is 12.2 Å². The fourth-order valence-electron chi connectivity index (χ4n) is 23.3. The van der Waals surface area contributed by atoms with Crippen molar-refractivity contribution in [2.24, 2.45) is 125 Å². The van der Waals surface area contributed by atoms with Crippen molar-refractivity contribution in [2.75, 3.05) is 26.4 Å². The van der Waals surface area contributed by atoms with Gasteiger partial charge in [-0.1, -0.05) is 62.3 Å². The van der Waals surface area contributed by atoms with E-state index in [2.05, 4.69) is 13.0 Å². The largest absolute Gasteiger partial charge is 0.465 e. The zero-order valence-electron chi connectivity index (χ0n) is 90.7. The van der Waals surface area contributed by atoms with Crippen LogP contribution in [0.1, 0.15) is 341 Å². The van der Waals surface area contributed by atoms with Crippen LogP contribution in [0.2, 0.25) is 0 Å². The highest BCUT2D eigenvalue weighted by Gasteiger charge is 2.74. The molecule has 12 bridgehead atoms. The molecule has 0 spiro atoms. The zero-order valence-corrected chi connectivity index (χ0v) is 90.7. The van der Waals surface area contributed by atoms with Gasteiger partial charge in [-0.2, -0.15) is 5.26 Å². The molecule has 10 heterocycles. The third kappa shape index (κ3) is 23.8. The Morgan fingerprint density at radius 3 is 1.34 bits per heavy atom. The minimum absolute atomic E-state index is 0.0455. The molecule has 10 saturated carbocycles. The molecule has 0 radical (unpaired) electrons. The van der Waals surface area contributed by atoms with Gasteiger partial charge in [-0.25, -0.2) is 9.59 Å². The summed E-state index contributed by atoms with van der Waals surface area (Å²) in [6.07, 6.45) is 12.4. The third-order valence-corrected chi connectivity index (χ3v) is 36.2. The van der Waals surface area contributed by atoms with Gasteiger partial charge in [-0.05, 0) is 257 Å². The lowest BCUT2D eigenvalue weighted by Crippen LogP contribution is -2.60. The Morgan fingerprint density at radius 1 is 0.397 bits per heavy atom. The van der Waals surface area contributed by atoms with Crippen LogP contribution in [0.25, 0.3) is 0 Å². The highest BCUT2D eigenvalue weighted by molar-refractivity contribution is 5.88. The molecular weight excluding hydrogens is 1900 g/mol. The van der Waals surface area contributed by atoms with Gasteiger partial charge in [0.25, 0.3) is 0 Å². The van der Waals surface area contributed by atoms with E-state index in [0.29, 0.717) is 126 Å². The standard InChI is InChI=1S/C21H30O6.C15H19NO4.C15H22O4.C14H20O4.C13H18O5.C12H20O4.2C10H16O4/c1-4-19(2,3)17(23)27-21-10-13-7-14(11-21)9-20(8-13,12-21)18(24)26-15-5-6-25-16(15)22;1-4-14(2,3)12(17)19-10-8-5-9-11(10)20-13(18)15(9,6-8)7-16;1-5-15(3,4)14(17)19-11-8-6-9-10(7(8)2)13(16)18-12(9)11;1-4-14(2,3)13(16)18-10-7-5-8-9(6-7)12(15)17-11(8)10;1-4-13(2,3)12(15)18-9-7-5-6-8(16-7)10(9)17-11(6)14;1-5-11(2,3)10(14)16-12(4)6-7-15-9(13)8-12;1-4-10(2,3)9(12)14-7-5-8(11)13-6-7;1-4-10(2,3)9(12)14-7-5-6-13-8(7)11/h13-15H,4-12H2,1-3H3;8-11H,4-6H2,1-3H3;7-12H,5-6H2,1-4H3;7-11H,4-6H2,1-3H3;6-10H,4-5H2,1-3H3;5-8H2,1-4H3;2*7H,4-6H2,1-3H3. The molecule has 20 rings (SSSR count). The van der Waals surface area contributed by atoms with E-state index in [1.807, 2.05) is 152 Å². The third-order valence-electron chi connectivity index (χ3n) is 36.2. The van der Waals surface area contributed by atoms with Crippen LogP contribution in [0.5, 0.6) is 0 Å². The molecule has 0 amide bonds. The van der Waals surface area contributed by atoms with Crippen LogP contribution in [-0.4, -0.2) is 218 Å². The first-order valence-electron chi connectivity index (χ1n) is 53.5. The second-order valence-electron chi connectivity index (χ2n) is 49.7. The van der Waals surface area contributed by atoms with E-state index in [1.54, 1.807) is 20.8 Å². The summed E-state index contributed by atoms with van der Waals surface area (Å²) in [6.45, 7) is 50.4. The van der Waals surface area contributed by atoms with Gasteiger partial charge in [-0.3, -0.25) is 71.9 Å². The number of rotatable bonds is 26. The molecule has 146 heavy (non-hydrogen) atoms. The van der Waals surface area contributed by atoms with Gasteiger partial charge >= 0.3 is 101 Å². The number of carbonyl (C=O) groups is 17. The molecular formula is C110H161NO35. The summed E-state index contributed by atoms with van der Waals surface area (Å²) < 4.78 is 96.3. The van der Waals surface area contributed by atoms with E-state index in [4.69, 9.17) is 85.3 Å². The molecule has 27 atom stereocenters. The average Bonchev–Trinajstić information content (AvgIpc) is 1.67. The fourth-order valence-corrected chi connectivity index (χ4v) is 23.3. The lowest BCUT2D eigenvalue weighted by atomic mass is 9.48. The second-order valence-corrected chi connectivity index (χ2v) is 49.7. The van der Waals surface area contributed by atoms with Gasteiger partial charge in [0, 0.05) is 61.2 Å². The number of hydrogen-bond acceptors (Lipinski definition) is 36. The van der Waals surface area contributed by atoms with Crippen LogP contribution < -0.4 is 0 Å². The Hall–Kier alpha value is -9.56. The van der Waals surface area contributed by atoms with E-state index < -0.39 is 114 Å². The molecule has 816 valence electrons. The van der Waals surface area contributed by atoms with Crippen molar-refractivity contribution in [3.8, 4) is 6.07 Å². The van der Waals surface area contributed by atoms with Gasteiger partial charge in [0.05, 0.1) is 111 Å². The number of cyclic esters (lactones) is 4. The minimum Gasteiger partial charge on any atom is -0.465 e. The van der Waals surface area contributed by atoms with Gasteiger partial charge in [0.1, 0.15) is 66.6 Å². The van der Waals surface area contributed by atoms with Gasteiger partial charge < -0.3 is 85.3 Å². The normalized spacial score (nSPS) is 35.9. The molecule has 36 nitrogen and oxygen atoms in total. The topological polar surface area (TPSA) is 480 Å². The van der Waals surface area contributed by atoms with Crippen molar-refractivity contribution in [2.45, 2.75) is 431 Å². The average molecular weight is 2060 g/mol. The molecule has 27 unspecified atom stereocenters. The summed E-state index contributed by atoms with van der Waals surface area (Å²) in [6, 6.07) is 2.15. The van der Waals surface area contributed by atoms with Crippen LogP contribution in [0, 0.1) is 136 Å². The molecule has 10 saturated heterocycles.